The highest BCUT2D eigenvalue weighted by atomic mass is 31.1. The van der Waals surface area contributed by atoms with Gasteiger partial charge in [0.15, 0.2) is 0 Å². The molecular weight excluding hydrogens is 235 g/mol. The van der Waals surface area contributed by atoms with Crippen molar-refractivity contribution in [2.45, 2.75) is 36.8 Å². The Hall–Kier alpha value is -1.16. The third-order valence-corrected chi connectivity index (χ3v) is 6.67. The van der Waals surface area contributed by atoms with E-state index in [4.69, 9.17) is 14.2 Å². The highest BCUT2D eigenvalue weighted by Gasteiger charge is 2.84. The molecule has 3 atom stereocenters. The second kappa shape index (κ2) is 2.25. The van der Waals surface area contributed by atoms with Gasteiger partial charge in [-0.1, -0.05) is 0 Å². The Balaban J connectivity index is 2.27. The SMILES string of the molecule is CC12OC(=O)C3(C)OC(=O)C(C)(OC1=O)P23. The molecule has 0 spiro atoms. The van der Waals surface area contributed by atoms with Crippen LogP contribution in [0.1, 0.15) is 20.8 Å². The smallest absolute Gasteiger partial charge is 0.356 e. The maximum Gasteiger partial charge on any atom is 0.356 e. The standard InChI is InChI=1S/C9H9O6P/c1-7-4(10)14-9(3)6(12)15-8(2,16(7)9)5(11)13-7/h1-3H3. The first kappa shape index (κ1) is 10.0. The molecule has 3 rings (SSSR count). The van der Waals surface area contributed by atoms with Gasteiger partial charge in [-0.05, 0) is 20.8 Å². The molecule has 3 aliphatic rings. The van der Waals surface area contributed by atoms with Gasteiger partial charge in [0.05, 0.1) is 7.92 Å². The van der Waals surface area contributed by atoms with Gasteiger partial charge in [-0.15, -0.1) is 0 Å². The summed E-state index contributed by atoms with van der Waals surface area (Å²) in [6.07, 6.45) is 0. The summed E-state index contributed by atoms with van der Waals surface area (Å²) in [4.78, 5) is 35.1. The summed E-state index contributed by atoms with van der Waals surface area (Å²) < 4.78 is 15.2. The first-order valence-electron chi connectivity index (χ1n) is 4.76. The zero-order valence-electron chi connectivity index (χ0n) is 8.90. The first-order chi connectivity index (χ1) is 7.25. The van der Waals surface area contributed by atoms with Gasteiger partial charge in [0, 0.05) is 0 Å². The molecule has 3 fully saturated rings. The summed E-state index contributed by atoms with van der Waals surface area (Å²) in [5, 5.41) is -4.04. The zero-order valence-corrected chi connectivity index (χ0v) is 9.79. The van der Waals surface area contributed by atoms with E-state index in [9.17, 15) is 14.4 Å². The highest BCUT2D eigenvalue weighted by molar-refractivity contribution is 7.66. The predicted molar refractivity (Wildman–Crippen MR) is 50.4 cm³/mol. The number of hydrogen-bond donors (Lipinski definition) is 0. The fourth-order valence-electron chi connectivity index (χ4n) is 2.58. The molecule has 7 heteroatoms. The minimum absolute atomic E-state index is 0.658. The van der Waals surface area contributed by atoms with E-state index >= 15 is 0 Å². The summed E-state index contributed by atoms with van der Waals surface area (Å²) in [6, 6.07) is 0. The summed E-state index contributed by atoms with van der Waals surface area (Å²) in [5.74, 6) is -1.97. The minimum Gasteiger partial charge on any atom is -0.439 e. The van der Waals surface area contributed by atoms with E-state index < -0.39 is 41.9 Å². The lowest BCUT2D eigenvalue weighted by Gasteiger charge is -2.21. The molecule has 3 unspecified atom stereocenters. The summed E-state index contributed by atoms with van der Waals surface area (Å²) in [7, 11) is -1.48. The quantitative estimate of drug-likeness (QED) is 0.346. The zero-order chi connectivity index (χ0) is 11.9. The fourth-order valence-corrected chi connectivity index (χ4v) is 6.23. The van der Waals surface area contributed by atoms with Crippen molar-refractivity contribution >= 4 is 25.8 Å². The van der Waals surface area contributed by atoms with Crippen molar-refractivity contribution in [3.05, 3.63) is 0 Å². The molecule has 3 heterocycles. The van der Waals surface area contributed by atoms with Gasteiger partial charge in [-0.3, -0.25) is 0 Å². The first-order valence-corrected chi connectivity index (χ1v) is 6.10. The van der Waals surface area contributed by atoms with Gasteiger partial charge < -0.3 is 14.2 Å². The molecule has 0 saturated carbocycles. The Morgan fingerprint density at radius 1 is 0.750 bits per heavy atom. The molecule has 86 valence electrons. The Labute approximate surface area is 92.0 Å². The van der Waals surface area contributed by atoms with E-state index in [1.54, 1.807) is 0 Å². The Morgan fingerprint density at radius 3 is 1.25 bits per heavy atom. The van der Waals surface area contributed by atoms with E-state index in [1.807, 2.05) is 0 Å². The van der Waals surface area contributed by atoms with Crippen molar-refractivity contribution in [1.82, 2.24) is 0 Å². The number of carbonyl (C=O) groups is 3. The van der Waals surface area contributed by atoms with Crippen LogP contribution in [0.5, 0.6) is 0 Å². The lowest BCUT2D eigenvalue weighted by atomic mass is 10.4. The Morgan fingerprint density at radius 2 is 1.00 bits per heavy atom. The van der Waals surface area contributed by atoms with Crippen LogP contribution in [-0.2, 0) is 28.6 Å². The van der Waals surface area contributed by atoms with E-state index in [-0.39, 0.29) is 0 Å². The van der Waals surface area contributed by atoms with E-state index in [0.717, 1.165) is 0 Å². The minimum atomic E-state index is -1.48. The van der Waals surface area contributed by atoms with Crippen molar-refractivity contribution in [1.29, 1.82) is 0 Å². The largest absolute Gasteiger partial charge is 0.439 e. The molecule has 0 amide bonds. The number of ether oxygens (including phenoxy) is 3. The molecule has 0 radical (unpaired) electrons. The predicted octanol–water partition coefficient (Wildman–Crippen LogP) is 0.287. The van der Waals surface area contributed by atoms with Crippen LogP contribution in [0.3, 0.4) is 0 Å². The van der Waals surface area contributed by atoms with Crippen molar-refractivity contribution in [3.8, 4) is 0 Å². The van der Waals surface area contributed by atoms with Gasteiger partial charge >= 0.3 is 17.9 Å². The molecule has 6 nitrogen and oxygen atoms in total. The van der Waals surface area contributed by atoms with Crippen molar-refractivity contribution in [2.24, 2.45) is 0 Å². The topological polar surface area (TPSA) is 78.9 Å². The Bertz CT molecular complexity index is 394. The van der Waals surface area contributed by atoms with E-state index in [0.29, 0.717) is 0 Å². The molecule has 0 aliphatic carbocycles. The van der Waals surface area contributed by atoms with Gasteiger partial charge in [0.25, 0.3) is 0 Å². The third kappa shape index (κ3) is 0.725. The van der Waals surface area contributed by atoms with Crippen molar-refractivity contribution < 1.29 is 28.6 Å². The van der Waals surface area contributed by atoms with Crippen molar-refractivity contribution in [2.75, 3.05) is 0 Å². The van der Waals surface area contributed by atoms with Crippen LogP contribution in [0.25, 0.3) is 0 Å². The molecule has 3 aliphatic heterocycles. The number of rotatable bonds is 0. The molecule has 0 aromatic carbocycles. The van der Waals surface area contributed by atoms with Gasteiger partial charge in [-0.25, -0.2) is 14.4 Å². The number of esters is 3. The second-order valence-electron chi connectivity index (χ2n) is 4.45. The molecule has 0 aromatic heterocycles. The molecule has 16 heavy (non-hydrogen) atoms. The van der Waals surface area contributed by atoms with Gasteiger partial charge in [-0.2, -0.15) is 0 Å². The third-order valence-electron chi connectivity index (χ3n) is 3.29. The van der Waals surface area contributed by atoms with E-state index in [1.165, 1.54) is 20.8 Å². The monoisotopic (exact) mass is 244 g/mol. The average molecular weight is 244 g/mol. The summed E-state index contributed by atoms with van der Waals surface area (Å²) in [6.45, 7) is 4.45. The van der Waals surface area contributed by atoms with Crippen LogP contribution < -0.4 is 0 Å². The lowest BCUT2D eigenvalue weighted by Crippen LogP contribution is -2.30. The van der Waals surface area contributed by atoms with E-state index in [2.05, 4.69) is 0 Å². The van der Waals surface area contributed by atoms with Crippen molar-refractivity contribution in [3.63, 3.8) is 0 Å². The average Bonchev–Trinajstić information content (AvgIpc) is 2.55. The molecular formula is C9H9O6P. The van der Waals surface area contributed by atoms with Crippen LogP contribution >= 0.6 is 7.92 Å². The normalized spacial score (nSPS) is 53.4. The van der Waals surface area contributed by atoms with Crippen LogP contribution in [0, 0.1) is 0 Å². The lowest BCUT2D eigenvalue weighted by molar-refractivity contribution is -0.169. The van der Waals surface area contributed by atoms with Crippen LogP contribution in [0.2, 0.25) is 0 Å². The highest BCUT2D eigenvalue weighted by Crippen LogP contribution is 2.80. The maximum atomic E-state index is 11.7. The van der Waals surface area contributed by atoms with Gasteiger partial charge in [0.2, 0.25) is 16.0 Å². The molecule has 0 bridgehead atoms. The maximum absolute atomic E-state index is 11.7. The van der Waals surface area contributed by atoms with Gasteiger partial charge in [0.1, 0.15) is 0 Å². The fraction of sp³-hybridized carbons (Fsp3) is 0.667. The van der Waals surface area contributed by atoms with Crippen LogP contribution in [0.4, 0.5) is 0 Å². The molecule has 3 saturated heterocycles. The van der Waals surface area contributed by atoms with Crippen LogP contribution in [0.15, 0.2) is 0 Å². The Kier molecular flexibility index (Phi) is 1.41. The molecule has 0 aromatic rings. The summed E-state index contributed by atoms with van der Waals surface area (Å²) >= 11 is 0. The summed E-state index contributed by atoms with van der Waals surface area (Å²) in [5.41, 5.74) is 0. The molecule has 0 N–H and O–H groups in total. The second-order valence-corrected chi connectivity index (χ2v) is 7.68. The number of hydrogen-bond acceptors (Lipinski definition) is 6. The van der Waals surface area contributed by atoms with Crippen LogP contribution in [-0.4, -0.2) is 33.9 Å². The number of carbonyl (C=O) groups excluding carboxylic acids is 3.